The third kappa shape index (κ3) is 2.95. The largest absolute Gasteiger partial charge is 0.133 e. The number of rotatable bonds is 3. The van der Waals surface area contributed by atoms with Gasteiger partial charge in [0.25, 0.3) is 0 Å². The van der Waals surface area contributed by atoms with Crippen molar-refractivity contribution >= 4 is 18.5 Å². The molecule has 0 aliphatic rings. The maximum Gasteiger partial charge on any atom is -0.0128 e. The maximum atomic E-state index is 2.77. The van der Waals surface area contributed by atoms with E-state index in [2.05, 4.69) is 67.9 Å². The minimum atomic E-state index is 1.02. The molecular formula is C15H18P2. The first-order chi connectivity index (χ1) is 8.24. The number of hydrogen-bond acceptors (Lipinski definition) is 0. The predicted octanol–water partition coefficient (Wildman–Crippen LogP) is 4.41. The molecular weight excluding hydrogens is 242 g/mol. The number of aryl methyl sites for hydroxylation is 1. The molecule has 2 heteroatoms. The molecule has 0 saturated carbocycles. The van der Waals surface area contributed by atoms with E-state index in [0.717, 1.165) is 12.3 Å². The molecule has 0 bridgehead atoms. The van der Waals surface area contributed by atoms with Crippen molar-refractivity contribution in [1.82, 2.24) is 0 Å². The average molecular weight is 260 g/mol. The highest BCUT2D eigenvalue weighted by molar-refractivity contribution is 7.15. The van der Waals surface area contributed by atoms with Crippen LogP contribution in [-0.2, 0) is 12.3 Å². The fourth-order valence-electron chi connectivity index (χ4n) is 2.00. The summed E-state index contributed by atoms with van der Waals surface area (Å²) in [4.78, 5) is 0. The molecule has 2 aromatic carbocycles. The maximum absolute atomic E-state index is 2.77. The molecule has 0 N–H and O–H groups in total. The van der Waals surface area contributed by atoms with Crippen LogP contribution < -0.4 is 0 Å². The standard InChI is InChI=1S/C15H18P2/c1-11-8-13(10-17)4-7-15(11)14-5-2-12(9-16)3-6-14/h2-8H,9-10,16-17H2,1H3. The van der Waals surface area contributed by atoms with Crippen LogP contribution in [0.25, 0.3) is 11.1 Å². The highest BCUT2D eigenvalue weighted by Gasteiger charge is 2.02. The molecule has 2 unspecified atom stereocenters. The van der Waals surface area contributed by atoms with E-state index in [1.54, 1.807) is 0 Å². The van der Waals surface area contributed by atoms with Crippen LogP contribution in [0.3, 0.4) is 0 Å². The molecule has 0 amide bonds. The van der Waals surface area contributed by atoms with Crippen LogP contribution in [-0.4, -0.2) is 0 Å². The lowest BCUT2D eigenvalue weighted by Gasteiger charge is -2.08. The van der Waals surface area contributed by atoms with Gasteiger partial charge in [-0.15, -0.1) is 18.5 Å². The van der Waals surface area contributed by atoms with Gasteiger partial charge in [0.1, 0.15) is 0 Å². The molecule has 0 heterocycles. The minimum Gasteiger partial charge on any atom is -0.133 e. The number of hydrogen-bond donors (Lipinski definition) is 0. The van der Waals surface area contributed by atoms with Crippen LogP contribution in [0.1, 0.15) is 16.7 Å². The Morgan fingerprint density at radius 3 is 1.94 bits per heavy atom. The first kappa shape index (κ1) is 12.7. The van der Waals surface area contributed by atoms with Crippen molar-refractivity contribution in [3.8, 4) is 11.1 Å². The molecule has 0 saturated heterocycles. The molecule has 0 radical (unpaired) electrons. The SMILES string of the molecule is Cc1cc(CP)ccc1-c1ccc(CP)cc1. The summed E-state index contributed by atoms with van der Waals surface area (Å²) in [5, 5.41) is 0. The topological polar surface area (TPSA) is 0 Å². The Hall–Kier alpha value is -0.700. The van der Waals surface area contributed by atoms with Gasteiger partial charge in [0, 0.05) is 0 Å². The van der Waals surface area contributed by atoms with Crippen LogP contribution >= 0.6 is 18.5 Å². The first-order valence-electron chi connectivity index (χ1n) is 5.83. The third-order valence-corrected chi connectivity index (χ3v) is 3.97. The van der Waals surface area contributed by atoms with Gasteiger partial charge in [-0.25, -0.2) is 0 Å². The zero-order valence-corrected chi connectivity index (χ0v) is 12.4. The molecule has 2 rings (SSSR count). The lowest BCUT2D eigenvalue weighted by Crippen LogP contribution is -1.86. The summed E-state index contributed by atoms with van der Waals surface area (Å²) >= 11 is 0. The van der Waals surface area contributed by atoms with Gasteiger partial charge in [0.05, 0.1) is 0 Å². The van der Waals surface area contributed by atoms with Gasteiger partial charge in [-0.3, -0.25) is 0 Å². The van der Waals surface area contributed by atoms with Crippen molar-refractivity contribution in [2.24, 2.45) is 0 Å². The van der Waals surface area contributed by atoms with Gasteiger partial charge in [-0.1, -0.05) is 42.5 Å². The highest BCUT2D eigenvalue weighted by Crippen LogP contribution is 2.25. The van der Waals surface area contributed by atoms with Crippen molar-refractivity contribution in [1.29, 1.82) is 0 Å². The second-order valence-corrected chi connectivity index (χ2v) is 5.07. The first-order valence-corrected chi connectivity index (χ1v) is 7.47. The van der Waals surface area contributed by atoms with E-state index in [4.69, 9.17) is 0 Å². The smallest absolute Gasteiger partial charge is 0.0128 e. The summed E-state index contributed by atoms with van der Waals surface area (Å²) in [6, 6.07) is 15.5. The summed E-state index contributed by atoms with van der Waals surface area (Å²) in [5.74, 6) is 0. The minimum absolute atomic E-state index is 1.02. The van der Waals surface area contributed by atoms with E-state index in [1.807, 2.05) is 0 Å². The molecule has 0 spiro atoms. The second-order valence-electron chi connectivity index (χ2n) is 4.25. The molecule has 2 atom stereocenters. The molecule has 88 valence electrons. The second kappa shape index (κ2) is 5.76. The lowest BCUT2D eigenvalue weighted by atomic mass is 9.98. The Morgan fingerprint density at radius 2 is 1.41 bits per heavy atom. The van der Waals surface area contributed by atoms with Crippen LogP contribution in [0, 0.1) is 6.92 Å². The quantitative estimate of drug-likeness (QED) is 0.717. The summed E-state index contributed by atoms with van der Waals surface area (Å²) in [6.45, 7) is 2.18. The fraction of sp³-hybridized carbons (Fsp3) is 0.200. The van der Waals surface area contributed by atoms with Crippen molar-refractivity contribution in [2.45, 2.75) is 19.2 Å². The van der Waals surface area contributed by atoms with E-state index < -0.39 is 0 Å². The van der Waals surface area contributed by atoms with E-state index in [1.165, 1.54) is 27.8 Å². The summed E-state index contributed by atoms with van der Waals surface area (Å²) in [6.07, 6.45) is 2.04. The zero-order chi connectivity index (χ0) is 12.3. The lowest BCUT2D eigenvalue weighted by molar-refractivity contribution is 1.35. The predicted molar refractivity (Wildman–Crippen MR) is 83.4 cm³/mol. The Bertz CT molecular complexity index is 501. The molecule has 0 nitrogen and oxygen atoms in total. The molecule has 0 aromatic heterocycles. The van der Waals surface area contributed by atoms with E-state index in [9.17, 15) is 0 Å². The zero-order valence-electron chi connectivity index (χ0n) is 10.1. The molecule has 0 fully saturated rings. The normalized spacial score (nSPS) is 10.5. The van der Waals surface area contributed by atoms with Gasteiger partial charge < -0.3 is 0 Å². The van der Waals surface area contributed by atoms with Crippen LogP contribution in [0.4, 0.5) is 0 Å². The van der Waals surface area contributed by atoms with E-state index in [0.29, 0.717) is 0 Å². The monoisotopic (exact) mass is 260 g/mol. The Labute approximate surface area is 108 Å². The molecule has 17 heavy (non-hydrogen) atoms. The fourth-order valence-corrected chi connectivity index (χ4v) is 2.52. The van der Waals surface area contributed by atoms with Crippen LogP contribution in [0.2, 0.25) is 0 Å². The van der Waals surface area contributed by atoms with Gasteiger partial charge in [-0.2, -0.15) is 0 Å². The summed E-state index contributed by atoms with van der Waals surface area (Å²) in [7, 11) is 5.53. The number of benzene rings is 2. The Morgan fingerprint density at radius 1 is 0.824 bits per heavy atom. The average Bonchev–Trinajstić information content (AvgIpc) is 2.39. The Balaban J connectivity index is 2.38. The van der Waals surface area contributed by atoms with Crippen molar-refractivity contribution in [2.75, 3.05) is 0 Å². The van der Waals surface area contributed by atoms with Gasteiger partial charge in [-0.05, 0) is 47.1 Å². The summed E-state index contributed by atoms with van der Waals surface area (Å²) < 4.78 is 0. The van der Waals surface area contributed by atoms with Gasteiger partial charge in [0.2, 0.25) is 0 Å². The molecule has 0 aliphatic heterocycles. The van der Waals surface area contributed by atoms with Crippen LogP contribution in [0.5, 0.6) is 0 Å². The highest BCUT2D eigenvalue weighted by atomic mass is 31.0. The van der Waals surface area contributed by atoms with Crippen molar-refractivity contribution in [3.63, 3.8) is 0 Å². The molecule has 2 aromatic rings. The van der Waals surface area contributed by atoms with Crippen molar-refractivity contribution < 1.29 is 0 Å². The van der Waals surface area contributed by atoms with E-state index >= 15 is 0 Å². The third-order valence-electron chi connectivity index (χ3n) is 3.03. The molecule has 0 aliphatic carbocycles. The summed E-state index contributed by atoms with van der Waals surface area (Å²) in [5.41, 5.74) is 6.72. The van der Waals surface area contributed by atoms with Crippen LogP contribution in [0.15, 0.2) is 42.5 Å². The van der Waals surface area contributed by atoms with E-state index in [-0.39, 0.29) is 0 Å². The Kier molecular flexibility index (Phi) is 4.32. The van der Waals surface area contributed by atoms with Crippen molar-refractivity contribution in [3.05, 3.63) is 59.2 Å². The van der Waals surface area contributed by atoms with Gasteiger partial charge >= 0.3 is 0 Å². The van der Waals surface area contributed by atoms with Gasteiger partial charge in [0.15, 0.2) is 0 Å².